The van der Waals surface area contributed by atoms with E-state index < -0.39 is 23.5 Å². The van der Waals surface area contributed by atoms with Crippen molar-refractivity contribution in [3.8, 4) is 0 Å². The Balaban J connectivity index is 2.68. The van der Waals surface area contributed by atoms with E-state index in [1.165, 1.54) is 18.2 Å². The van der Waals surface area contributed by atoms with Gasteiger partial charge >= 0.3 is 5.97 Å². The van der Waals surface area contributed by atoms with Crippen LogP contribution < -0.4 is 0 Å². The van der Waals surface area contributed by atoms with Crippen LogP contribution in [0.5, 0.6) is 0 Å². The molecule has 0 heterocycles. The Labute approximate surface area is 80.9 Å². The van der Waals surface area contributed by atoms with Crippen LogP contribution in [0.2, 0.25) is 0 Å². The van der Waals surface area contributed by atoms with Crippen molar-refractivity contribution in [1.29, 1.82) is 0 Å². The van der Waals surface area contributed by atoms with Crippen molar-refractivity contribution in [2.45, 2.75) is 13.3 Å². The molecular weight excluding hydrogens is 184 g/mol. The molecule has 0 saturated carbocycles. The van der Waals surface area contributed by atoms with E-state index in [1.807, 2.05) is 0 Å². The normalized spacial score (nSPS) is 17.9. The number of hydrogen-bond acceptors (Lipinski definition) is 3. The predicted octanol–water partition coefficient (Wildman–Crippen LogP) is 0.732. The van der Waals surface area contributed by atoms with E-state index in [-0.39, 0.29) is 6.42 Å². The van der Waals surface area contributed by atoms with Crippen LogP contribution in [0.4, 0.5) is 0 Å². The average Bonchev–Trinajstić information content (AvgIpc) is 2.11. The summed E-state index contributed by atoms with van der Waals surface area (Å²) in [5.41, 5.74) is 0.588. The SMILES string of the molecule is CC(CC1=CC(=O)C(=O)C=C1)C(=O)O. The first-order valence-electron chi connectivity index (χ1n) is 4.20. The van der Waals surface area contributed by atoms with Crippen LogP contribution in [0, 0.1) is 5.92 Å². The fourth-order valence-electron chi connectivity index (χ4n) is 1.12. The third-order valence-electron chi connectivity index (χ3n) is 1.97. The highest BCUT2D eigenvalue weighted by Gasteiger charge is 2.17. The Morgan fingerprint density at radius 1 is 1.36 bits per heavy atom. The van der Waals surface area contributed by atoms with Crippen LogP contribution in [0.1, 0.15) is 13.3 Å². The van der Waals surface area contributed by atoms with Crippen LogP contribution in [0.3, 0.4) is 0 Å². The maximum atomic E-state index is 10.9. The summed E-state index contributed by atoms with van der Waals surface area (Å²) in [5.74, 6) is -2.60. The van der Waals surface area contributed by atoms with E-state index in [9.17, 15) is 14.4 Å². The van der Waals surface area contributed by atoms with Crippen LogP contribution in [0.25, 0.3) is 0 Å². The maximum Gasteiger partial charge on any atom is 0.306 e. The first-order chi connectivity index (χ1) is 6.50. The van der Waals surface area contributed by atoms with Gasteiger partial charge in [0, 0.05) is 0 Å². The molecule has 14 heavy (non-hydrogen) atoms. The largest absolute Gasteiger partial charge is 0.481 e. The lowest BCUT2D eigenvalue weighted by Crippen LogP contribution is -2.15. The number of ketones is 2. The smallest absolute Gasteiger partial charge is 0.306 e. The summed E-state index contributed by atoms with van der Waals surface area (Å²) < 4.78 is 0. The van der Waals surface area contributed by atoms with Crippen LogP contribution in [-0.4, -0.2) is 22.6 Å². The van der Waals surface area contributed by atoms with Gasteiger partial charge in [0.15, 0.2) is 0 Å². The van der Waals surface area contributed by atoms with E-state index in [0.29, 0.717) is 5.57 Å². The number of hydrogen-bond donors (Lipinski definition) is 1. The number of carboxylic acid groups (broad SMARTS) is 1. The molecule has 0 bridgehead atoms. The van der Waals surface area contributed by atoms with Crippen LogP contribution in [0.15, 0.2) is 23.8 Å². The molecule has 0 saturated heterocycles. The minimum atomic E-state index is -0.913. The summed E-state index contributed by atoms with van der Waals surface area (Å²) >= 11 is 0. The summed E-state index contributed by atoms with van der Waals surface area (Å²) in [5, 5.41) is 8.63. The second-order valence-electron chi connectivity index (χ2n) is 3.22. The van der Waals surface area contributed by atoms with Crippen molar-refractivity contribution in [2.75, 3.05) is 0 Å². The Kier molecular flexibility index (Phi) is 2.96. The fourth-order valence-corrected chi connectivity index (χ4v) is 1.12. The van der Waals surface area contributed by atoms with Crippen molar-refractivity contribution in [1.82, 2.24) is 0 Å². The Morgan fingerprint density at radius 3 is 2.50 bits per heavy atom. The van der Waals surface area contributed by atoms with Gasteiger partial charge in [-0.2, -0.15) is 0 Å². The molecule has 0 amide bonds. The van der Waals surface area contributed by atoms with Gasteiger partial charge in [-0.15, -0.1) is 0 Å². The van der Waals surface area contributed by atoms with Crippen molar-refractivity contribution in [3.63, 3.8) is 0 Å². The zero-order chi connectivity index (χ0) is 10.7. The van der Waals surface area contributed by atoms with Crippen molar-refractivity contribution < 1.29 is 19.5 Å². The van der Waals surface area contributed by atoms with E-state index in [2.05, 4.69) is 0 Å². The van der Waals surface area contributed by atoms with Crippen molar-refractivity contribution in [2.24, 2.45) is 5.92 Å². The minimum absolute atomic E-state index is 0.269. The highest BCUT2D eigenvalue weighted by Crippen LogP contribution is 2.15. The number of carbonyl (C=O) groups is 3. The van der Waals surface area contributed by atoms with E-state index in [4.69, 9.17) is 5.11 Å². The van der Waals surface area contributed by atoms with Gasteiger partial charge in [0.25, 0.3) is 0 Å². The molecule has 1 atom stereocenters. The van der Waals surface area contributed by atoms with Gasteiger partial charge in [-0.1, -0.05) is 13.0 Å². The summed E-state index contributed by atoms with van der Waals surface area (Å²) in [7, 11) is 0. The average molecular weight is 194 g/mol. The molecule has 0 fully saturated rings. The lowest BCUT2D eigenvalue weighted by Gasteiger charge is -2.08. The number of allylic oxidation sites excluding steroid dienone is 4. The zero-order valence-corrected chi connectivity index (χ0v) is 7.69. The molecule has 0 aromatic rings. The van der Waals surface area contributed by atoms with Gasteiger partial charge in [-0.3, -0.25) is 14.4 Å². The fraction of sp³-hybridized carbons (Fsp3) is 0.300. The van der Waals surface area contributed by atoms with Crippen molar-refractivity contribution >= 4 is 17.5 Å². The van der Waals surface area contributed by atoms with Crippen molar-refractivity contribution in [3.05, 3.63) is 23.8 Å². The highest BCUT2D eigenvalue weighted by atomic mass is 16.4. The standard InChI is InChI=1S/C10H10O4/c1-6(10(13)14)4-7-2-3-8(11)9(12)5-7/h2-3,5-6H,4H2,1H3,(H,13,14). The zero-order valence-electron chi connectivity index (χ0n) is 7.69. The molecule has 1 unspecified atom stereocenters. The summed E-state index contributed by atoms with van der Waals surface area (Å²) in [6, 6.07) is 0. The Bertz CT molecular complexity index is 349. The molecule has 4 heteroatoms. The summed E-state index contributed by atoms with van der Waals surface area (Å²) in [4.78, 5) is 32.2. The number of aliphatic carboxylic acids is 1. The van der Waals surface area contributed by atoms with Gasteiger partial charge in [-0.25, -0.2) is 0 Å². The molecular formula is C10H10O4. The minimum Gasteiger partial charge on any atom is -0.481 e. The first kappa shape index (κ1) is 10.4. The van der Waals surface area contributed by atoms with Gasteiger partial charge in [0.05, 0.1) is 5.92 Å². The van der Waals surface area contributed by atoms with E-state index in [0.717, 1.165) is 0 Å². The van der Waals surface area contributed by atoms with E-state index in [1.54, 1.807) is 6.92 Å². The topological polar surface area (TPSA) is 71.4 Å². The Hall–Kier alpha value is -1.71. The van der Waals surface area contributed by atoms with Crippen LogP contribution >= 0.6 is 0 Å². The molecule has 1 aliphatic rings. The number of carboxylic acids is 1. The van der Waals surface area contributed by atoms with Gasteiger partial charge < -0.3 is 5.11 Å². The number of rotatable bonds is 3. The molecule has 0 aromatic heterocycles. The monoisotopic (exact) mass is 194 g/mol. The molecule has 0 aromatic carbocycles. The third-order valence-corrected chi connectivity index (χ3v) is 1.97. The molecule has 1 rings (SSSR count). The Morgan fingerprint density at radius 2 is 2.00 bits per heavy atom. The molecule has 0 spiro atoms. The quantitative estimate of drug-likeness (QED) is 0.531. The van der Waals surface area contributed by atoms with Crippen LogP contribution in [-0.2, 0) is 14.4 Å². The lowest BCUT2D eigenvalue weighted by atomic mass is 9.96. The number of carbonyl (C=O) groups excluding carboxylic acids is 2. The lowest BCUT2D eigenvalue weighted by molar-refractivity contribution is -0.141. The third kappa shape index (κ3) is 2.39. The molecule has 1 N–H and O–H groups in total. The van der Waals surface area contributed by atoms with E-state index >= 15 is 0 Å². The molecule has 1 aliphatic carbocycles. The molecule has 4 nitrogen and oxygen atoms in total. The molecule has 0 radical (unpaired) electrons. The predicted molar refractivity (Wildman–Crippen MR) is 48.7 cm³/mol. The summed E-state index contributed by atoms with van der Waals surface area (Å²) in [6.45, 7) is 1.55. The van der Waals surface area contributed by atoms with Gasteiger partial charge in [-0.05, 0) is 24.1 Å². The van der Waals surface area contributed by atoms with Gasteiger partial charge in [0.1, 0.15) is 0 Å². The summed E-state index contributed by atoms with van der Waals surface area (Å²) in [6.07, 6.45) is 4.13. The maximum absolute atomic E-state index is 10.9. The highest BCUT2D eigenvalue weighted by molar-refractivity contribution is 6.46. The second-order valence-corrected chi connectivity index (χ2v) is 3.22. The molecule has 0 aliphatic heterocycles. The second kappa shape index (κ2) is 4.00. The molecule has 74 valence electrons. The first-order valence-corrected chi connectivity index (χ1v) is 4.20. The van der Waals surface area contributed by atoms with Gasteiger partial charge in [0.2, 0.25) is 11.6 Å².